The number of rotatable bonds is 5. The zero-order valence-electron chi connectivity index (χ0n) is 20.3. The predicted octanol–water partition coefficient (Wildman–Crippen LogP) is 1.87. The van der Waals surface area contributed by atoms with Crippen LogP contribution in [-0.4, -0.2) is 64.7 Å². The highest BCUT2D eigenvalue weighted by Crippen LogP contribution is 2.47. The van der Waals surface area contributed by atoms with Crippen molar-refractivity contribution in [2.24, 2.45) is 11.1 Å². The second kappa shape index (κ2) is 9.56. The Labute approximate surface area is 207 Å². The summed E-state index contributed by atoms with van der Waals surface area (Å²) in [5.41, 5.74) is 5.58. The quantitative estimate of drug-likeness (QED) is 0.606. The van der Waals surface area contributed by atoms with Gasteiger partial charge in [0.2, 0.25) is 11.8 Å². The van der Waals surface area contributed by atoms with Gasteiger partial charge in [-0.25, -0.2) is 9.37 Å². The normalized spacial score (nSPS) is 20.4. The second-order valence-electron chi connectivity index (χ2n) is 9.49. The maximum absolute atomic E-state index is 13.6. The first-order chi connectivity index (χ1) is 17.0. The van der Waals surface area contributed by atoms with Crippen LogP contribution in [0.1, 0.15) is 48.7 Å². The van der Waals surface area contributed by atoms with E-state index in [0.717, 1.165) is 12.8 Å². The third kappa shape index (κ3) is 4.86. The molecule has 190 valence electrons. The fraction of sp³-hybridized carbons (Fsp3) is 0.400. The zero-order chi connectivity index (χ0) is 26.2. The number of piperazine rings is 1. The molecule has 1 saturated heterocycles. The Hall–Kier alpha value is -4.02. The number of nitrogens with two attached hydrogens (primary N) is 1. The van der Waals surface area contributed by atoms with E-state index in [1.807, 2.05) is 13.8 Å². The molecule has 1 aliphatic heterocycles. The summed E-state index contributed by atoms with van der Waals surface area (Å²) >= 11 is 0. The van der Waals surface area contributed by atoms with Gasteiger partial charge in [0.05, 0.1) is 25.0 Å². The molecule has 2 fully saturated rings. The lowest BCUT2D eigenvalue weighted by Crippen LogP contribution is -2.59. The van der Waals surface area contributed by atoms with Crippen LogP contribution in [-0.2, 0) is 14.4 Å². The first-order valence-corrected chi connectivity index (χ1v) is 11.6. The van der Waals surface area contributed by atoms with E-state index in [2.05, 4.69) is 10.3 Å². The van der Waals surface area contributed by atoms with Gasteiger partial charge in [-0.15, -0.1) is 0 Å². The summed E-state index contributed by atoms with van der Waals surface area (Å²) in [6.07, 6.45) is 2.86. The van der Waals surface area contributed by atoms with E-state index in [0.29, 0.717) is 5.56 Å². The molecule has 10 nitrogen and oxygen atoms in total. The molecule has 0 radical (unpaired) electrons. The van der Waals surface area contributed by atoms with Crippen molar-refractivity contribution < 1.29 is 28.3 Å². The third-order valence-electron chi connectivity index (χ3n) is 6.79. The van der Waals surface area contributed by atoms with Crippen molar-refractivity contribution in [3.05, 3.63) is 53.5 Å². The molecule has 11 heteroatoms. The number of halogens is 1. The molecule has 1 aliphatic carbocycles. The van der Waals surface area contributed by atoms with Crippen molar-refractivity contribution in [3.8, 4) is 5.88 Å². The average Bonchev–Trinajstić information content (AvgIpc) is 3.61. The van der Waals surface area contributed by atoms with Crippen molar-refractivity contribution in [1.82, 2.24) is 14.8 Å². The van der Waals surface area contributed by atoms with Crippen LogP contribution in [0.5, 0.6) is 5.88 Å². The van der Waals surface area contributed by atoms with Crippen LogP contribution in [0.4, 0.5) is 10.1 Å². The van der Waals surface area contributed by atoms with Gasteiger partial charge in [0.1, 0.15) is 11.4 Å². The lowest BCUT2D eigenvalue weighted by molar-refractivity contribution is -0.153. The zero-order valence-corrected chi connectivity index (χ0v) is 20.3. The topological polar surface area (TPSA) is 135 Å². The maximum atomic E-state index is 13.6. The van der Waals surface area contributed by atoms with E-state index in [1.165, 1.54) is 36.4 Å². The standard InChI is InChI=1S/C25H28FN5O5/c1-14-12-31(23(34)21(33)29-17-10-18(20(27)32)22(36-3)28-11-17)19(15-4-6-16(26)7-5-15)13-30(14)24(35)25(2)8-9-25/h4-7,10-11,14,19H,8-9,12-13H2,1-3H3,(H2,27,32)(H,29,33)/t14-,19-/m0/s1. The second-order valence-corrected chi connectivity index (χ2v) is 9.49. The number of amides is 4. The maximum Gasteiger partial charge on any atom is 0.313 e. The van der Waals surface area contributed by atoms with E-state index in [1.54, 1.807) is 17.0 Å². The highest BCUT2D eigenvalue weighted by molar-refractivity contribution is 6.39. The molecule has 2 aromatic rings. The van der Waals surface area contributed by atoms with Crippen LogP contribution >= 0.6 is 0 Å². The van der Waals surface area contributed by atoms with Crippen molar-refractivity contribution in [1.29, 1.82) is 0 Å². The first-order valence-electron chi connectivity index (χ1n) is 11.6. The van der Waals surface area contributed by atoms with Gasteiger partial charge in [0.15, 0.2) is 0 Å². The van der Waals surface area contributed by atoms with Gasteiger partial charge in [0, 0.05) is 24.5 Å². The average molecular weight is 498 g/mol. The summed E-state index contributed by atoms with van der Waals surface area (Å²) in [4.78, 5) is 58.2. The molecule has 1 aromatic carbocycles. The number of hydrogen-bond acceptors (Lipinski definition) is 6. The van der Waals surface area contributed by atoms with Gasteiger partial charge in [-0.05, 0) is 43.5 Å². The van der Waals surface area contributed by atoms with Crippen molar-refractivity contribution in [2.45, 2.75) is 38.8 Å². The summed E-state index contributed by atoms with van der Waals surface area (Å²) in [7, 11) is 1.32. The number of carbonyl (C=O) groups excluding carboxylic acids is 4. The summed E-state index contributed by atoms with van der Waals surface area (Å²) in [6.45, 7) is 4.04. The van der Waals surface area contributed by atoms with Crippen LogP contribution < -0.4 is 15.8 Å². The number of nitrogens with one attached hydrogen (secondary N) is 1. The smallest absolute Gasteiger partial charge is 0.313 e. The molecule has 4 amide bonds. The molecule has 2 atom stereocenters. The number of methoxy groups -OCH3 is 1. The Morgan fingerprint density at radius 3 is 2.39 bits per heavy atom. The number of carbonyl (C=O) groups is 4. The molecule has 1 aromatic heterocycles. The molecule has 2 heterocycles. The molecule has 2 aliphatic rings. The highest BCUT2D eigenvalue weighted by Gasteiger charge is 2.50. The van der Waals surface area contributed by atoms with Crippen molar-refractivity contribution >= 4 is 29.3 Å². The predicted molar refractivity (Wildman–Crippen MR) is 127 cm³/mol. The Morgan fingerprint density at radius 1 is 1.14 bits per heavy atom. The fourth-order valence-corrected chi connectivity index (χ4v) is 4.38. The molecular formula is C25H28FN5O5. The lowest BCUT2D eigenvalue weighted by Gasteiger charge is -2.46. The molecular weight excluding hydrogens is 469 g/mol. The van der Waals surface area contributed by atoms with E-state index in [-0.39, 0.29) is 42.2 Å². The summed E-state index contributed by atoms with van der Waals surface area (Å²) < 4.78 is 18.6. The molecule has 4 rings (SSSR count). The van der Waals surface area contributed by atoms with Crippen LogP contribution in [0.3, 0.4) is 0 Å². The largest absolute Gasteiger partial charge is 0.480 e. The Bertz CT molecular complexity index is 1210. The number of anilines is 1. The summed E-state index contributed by atoms with van der Waals surface area (Å²) in [5, 5.41) is 2.45. The summed E-state index contributed by atoms with van der Waals surface area (Å²) in [6, 6.07) is 5.93. The van der Waals surface area contributed by atoms with Crippen LogP contribution in [0, 0.1) is 11.2 Å². The van der Waals surface area contributed by atoms with Gasteiger partial charge >= 0.3 is 11.8 Å². The molecule has 0 bridgehead atoms. The number of primary amides is 1. The monoisotopic (exact) mass is 497 g/mol. The van der Waals surface area contributed by atoms with E-state index >= 15 is 0 Å². The Kier molecular flexibility index (Phi) is 6.66. The van der Waals surface area contributed by atoms with Gasteiger partial charge in [-0.3, -0.25) is 19.2 Å². The minimum absolute atomic E-state index is 0.0119. The first kappa shape index (κ1) is 25.1. The van der Waals surface area contributed by atoms with Gasteiger partial charge in [-0.1, -0.05) is 19.1 Å². The molecule has 0 spiro atoms. The third-order valence-corrected chi connectivity index (χ3v) is 6.79. The highest BCUT2D eigenvalue weighted by atomic mass is 19.1. The number of benzene rings is 1. The van der Waals surface area contributed by atoms with Crippen LogP contribution in [0.2, 0.25) is 0 Å². The lowest BCUT2D eigenvalue weighted by atomic mass is 9.97. The molecule has 1 saturated carbocycles. The minimum Gasteiger partial charge on any atom is -0.480 e. The van der Waals surface area contributed by atoms with Gasteiger partial charge < -0.3 is 25.6 Å². The van der Waals surface area contributed by atoms with Crippen LogP contribution in [0.15, 0.2) is 36.5 Å². The molecule has 3 N–H and O–H groups in total. The Morgan fingerprint density at radius 2 is 1.81 bits per heavy atom. The van der Waals surface area contributed by atoms with Gasteiger partial charge in [0.25, 0.3) is 5.91 Å². The van der Waals surface area contributed by atoms with E-state index < -0.39 is 35.0 Å². The minimum atomic E-state index is -0.953. The van der Waals surface area contributed by atoms with Gasteiger partial charge in [-0.2, -0.15) is 0 Å². The van der Waals surface area contributed by atoms with Crippen LogP contribution in [0.25, 0.3) is 0 Å². The number of aromatic nitrogens is 1. The van der Waals surface area contributed by atoms with Crippen molar-refractivity contribution in [3.63, 3.8) is 0 Å². The SMILES string of the molecule is COc1ncc(NC(=O)C(=O)N2C[C@H](C)N(C(=O)C3(C)CC3)C[C@H]2c2ccc(F)cc2)cc1C(N)=O. The summed E-state index contributed by atoms with van der Waals surface area (Å²) in [5.74, 6) is -3.03. The number of pyridine rings is 1. The van der Waals surface area contributed by atoms with E-state index in [9.17, 15) is 23.6 Å². The molecule has 36 heavy (non-hydrogen) atoms. The number of hydrogen-bond donors (Lipinski definition) is 2. The van der Waals surface area contributed by atoms with Crippen molar-refractivity contribution in [2.75, 3.05) is 25.5 Å². The number of nitrogens with zero attached hydrogens (tertiary/aromatic N) is 3. The fourth-order valence-electron chi connectivity index (χ4n) is 4.38. The van der Waals surface area contributed by atoms with E-state index in [4.69, 9.17) is 10.5 Å². The Balaban J connectivity index is 1.59. The number of ether oxygens (including phenoxy) is 1. The molecule has 0 unspecified atom stereocenters.